The van der Waals surface area contributed by atoms with E-state index in [4.69, 9.17) is 28.4 Å². The Hall–Kier alpha value is -7.45. The molecule has 0 fully saturated rings. The maximum Gasteiger partial charge on any atom is 0.416 e. The highest BCUT2D eigenvalue weighted by Crippen LogP contribution is 2.43. The minimum absolute atomic E-state index is 0.0252. The normalized spacial score (nSPS) is 19.3. The van der Waals surface area contributed by atoms with Gasteiger partial charge in [0.15, 0.2) is 34.6 Å². The van der Waals surface area contributed by atoms with Crippen LogP contribution in [0, 0.1) is 5.92 Å². The molecule has 81 heavy (non-hydrogen) atoms. The molecular formula is C56H73N7O17S. The largest absolute Gasteiger partial charge is 0.493 e. The van der Waals surface area contributed by atoms with Gasteiger partial charge in [0.05, 0.1) is 87.3 Å². The number of benzene rings is 3. The molecule has 4 heterocycles. The van der Waals surface area contributed by atoms with Crippen molar-refractivity contribution in [3.63, 3.8) is 0 Å². The minimum atomic E-state index is -4.64. The number of unbranched alkanes of at least 4 members (excludes halogenated alkanes) is 2. The van der Waals surface area contributed by atoms with Crippen molar-refractivity contribution < 1.29 is 80.4 Å². The monoisotopic (exact) mass is 1150 g/mol. The molecule has 6 atom stereocenters. The number of ether oxygens (including phenoxy) is 6. The van der Waals surface area contributed by atoms with E-state index in [1.807, 2.05) is 6.92 Å². The highest BCUT2D eigenvalue weighted by atomic mass is 32.2. The maximum absolute atomic E-state index is 14.2. The van der Waals surface area contributed by atoms with Gasteiger partial charge in [-0.15, -0.1) is 0 Å². The van der Waals surface area contributed by atoms with Crippen molar-refractivity contribution in [2.75, 3.05) is 56.2 Å². The number of anilines is 3. The molecule has 3 aromatic carbocycles. The number of fused-ring (bicyclic) bond motifs is 4. The van der Waals surface area contributed by atoms with E-state index in [1.165, 1.54) is 55.2 Å². The van der Waals surface area contributed by atoms with Gasteiger partial charge in [0.25, 0.3) is 21.9 Å². The fourth-order valence-corrected chi connectivity index (χ4v) is 10.6. The summed E-state index contributed by atoms with van der Waals surface area (Å²) in [5, 5.41) is 30.7. The lowest BCUT2D eigenvalue weighted by Gasteiger charge is -2.31. The number of hydrogen-bond donors (Lipinski definition) is 7. The molecule has 24 nitrogen and oxygen atoms in total. The third kappa shape index (κ3) is 14.5. The molecule has 0 bridgehead atoms. The van der Waals surface area contributed by atoms with Crippen molar-refractivity contribution >= 4 is 62.8 Å². The zero-order valence-electron chi connectivity index (χ0n) is 46.9. The number of nitrogens with one attached hydrogen (secondary N) is 4. The first-order valence-electron chi connectivity index (χ1n) is 26.6. The van der Waals surface area contributed by atoms with Crippen LogP contribution in [-0.4, -0.2) is 151 Å². The van der Waals surface area contributed by atoms with Crippen molar-refractivity contribution in [2.24, 2.45) is 5.92 Å². The van der Waals surface area contributed by atoms with Crippen LogP contribution in [0.25, 0.3) is 0 Å². The third-order valence-corrected chi connectivity index (χ3v) is 15.2. The molecule has 4 aliphatic rings. The number of carbonyl (C=O) groups is 6. The molecule has 440 valence electrons. The van der Waals surface area contributed by atoms with Crippen molar-refractivity contribution in [1.29, 1.82) is 0 Å². The van der Waals surface area contributed by atoms with Crippen LogP contribution in [0.4, 0.5) is 21.9 Å². The zero-order valence-corrected chi connectivity index (χ0v) is 47.7. The van der Waals surface area contributed by atoms with Crippen LogP contribution in [0.15, 0.2) is 72.1 Å². The Morgan fingerprint density at radius 1 is 0.778 bits per heavy atom. The van der Waals surface area contributed by atoms with Crippen molar-refractivity contribution in [3.8, 4) is 23.0 Å². The van der Waals surface area contributed by atoms with E-state index < -0.39 is 87.1 Å². The van der Waals surface area contributed by atoms with Crippen molar-refractivity contribution in [1.82, 2.24) is 20.4 Å². The number of amides is 6. The molecule has 3 aromatic rings. The van der Waals surface area contributed by atoms with Crippen LogP contribution in [0.1, 0.15) is 113 Å². The first-order valence-corrected chi connectivity index (χ1v) is 28.2. The lowest BCUT2D eigenvalue weighted by molar-refractivity contribution is -0.133. The summed E-state index contributed by atoms with van der Waals surface area (Å²) >= 11 is 0. The highest BCUT2D eigenvalue weighted by molar-refractivity contribution is 7.86. The van der Waals surface area contributed by atoms with Gasteiger partial charge in [0.1, 0.15) is 18.7 Å². The third-order valence-electron chi connectivity index (χ3n) is 14.2. The summed E-state index contributed by atoms with van der Waals surface area (Å²) in [7, 11) is -1.81. The zero-order chi connectivity index (χ0) is 59.1. The second-order valence-corrected chi connectivity index (χ2v) is 22.9. The predicted molar refractivity (Wildman–Crippen MR) is 296 cm³/mol. The summed E-state index contributed by atoms with van der Waals surface area (Å²) in [6.45, 7) is 11.9. The molecule has 0 radical (unpaired) electrons. The number of nitrogens with zero attached hydrogens (tertiary/aromatic N) is 3. The van der Waals surface area contributed by atoms with Crippen LogP contribution in [0.2, 0.25) is 0 Å². The van der Waals surface area contributed by atoms with E-state index in [0.717, 1.165) is 16.0 Å². The van der Waals surface area contributed by atoms with Gasteiger partial charge < -0.3 is 69.7 Å². The fourth-order valence-electron chi connectivity index (χ4n) is 9.70. The smallest absolute Gasteiger partial charge is 0.416 e. The number of aliphatic hydroxyl groups is 2. The average Bonchev–Trinajstić information content (AvgIpc) is 4.16. The SMILES string of the molecule is COc1cc2c(cc1OCCCCCOc1cc3c(cc1OC)C(=O)N1C=C(C)CC1C(O)N3C(=O)OCc1ccc(NC(=O)C(C)NC(=O)C(NC(=O)CCOC(C)(C)CO)C(C)C)cc1)NC(S(=O)(=O)O)C1CC(C)=CN1C2=O. The molecular weight excluding hydrogens is 1070 g/mol. The Bertz CT molecular complexity index is 3040. The van der Waals surface area contributed by atoms with Crippen LogP contribution in [0.3, 0.4) is 0 Å². The number of carbonyl (C=O) groups excluding carboxylic acids is 6. The Kier molecular flexibility index (Phi) is 19.6. The van der Waals surface area contributed by atoms with E-state index >= 15 is 0 Å². The van der Waals surface area contributed by atoms with Crippen molar-refractivity contribution in [2.45, 2.75) is 135 Å². The van der Waals surface area contributed by atoms with Crippen LogP contribution in [-0.2, 0) is 40.6 Å². The van der Waals surface area contributed by atoms with Crippen LogP contribution >= 0.6 is 0 Å². The van der Waals surface area contributed by atoms with Crippen molar-refractivity contribution in [3.05, 3.63) is 88.8 Å². The summed E-state index contributed by atoms with van der Waals surface area (Å²) in [6, 6.07) is 8.61. The Balaban J connectivity index is 0.951. The molecule has 4 aliphatic heterocycles. The van der Waals surface area contributed by atoms with E-state index in [9.17, 15) is 52.0 Å². The summed E-state index contributed by atoms with van der Waals surface area (Å²) in [5.74, 6) is -1.89. The standard InChI is InChI=1S/C56H73N7O17S/c1-31(2)48(60-47(65)17-20-80-56(6,7)30-64)50(67)57-34(5)49(66)58-36-15-13-35(14-16-36)29-79-55(71)63-40-26-46(44(76-9)24-38(40)53(69)62-28-33(4)22-42(62)54(63)70)78-19-12-10-11-18-77-45-25-39-37(23-43(45)75-8)52(68)61-27-32(3)21-41(61)51(59-39)81(72,73)74/h13-16,23-28,31,34,41-42,48,51,54,59,64,70H,10-12,17-22,29-30H2,1-9H3,(H,57,67)(H,58,66)(H,60,65)(H,72,73,74). The van der Waals surface area contributed by atoms with Gasteiger partial charge in [0, 0.05) is 30.2 Å². The number of aliphatic hydroxyl groups excluding tert-OH is 2. The van der Waals surface area contributed by atoms with Gasteiger partial charge in [-0.3, -0.25) is 28.5 Å². The van der Waals surface area contributed by atoms with Crippen LogP contribution < -0.4 is 45.1 Å². The maximum atomic E-state index is 14.2. The van der Waals surface area contributed by atoms with Gasteiger partial charge in [-0.25, -0.2) is 9.69 Å². The van der Waals surface area contributed by atoms with Gasteiger partial charge >= 0.3 is 6.09 Å². The first-order chi connectivity index (χ1) is 38.3. The summed E-state index contributed by atoms with van der Waals surface area (Å²) < 4.78 is 69.9. The Morgan fingerprint density at radius 2 is 1.36 bits per heavy atom. The lowest BCUT2D eigenvalue weighted by atomic mass is 10.0. The highest BCUT2D eigenvalue weighted by Gasteiger charge is 2.46. The van der Waals surface area contributed by atoms with Gasteiger partial charge in [-0.2, -0.15) is 8.42 Å². The average molecular weight is 1150 g/mol. The van der Waals surface area contributed by atoms with Gasteiger partial charge in [-0.05, 0) is 102 Å². The van der Waals surface area contributed by atoms with E-state index in [-0.39, 0.29) is 104 Å². The summed E-state index contributed by atoms with van der Waals surface area (Å²) in [5.41, 5.74) is 2.04. The second-order valence-electron chi connectivity index (χ2n) is 21.4. The molecule has 0 aromatic heterocycles. The quantitative estimate of drug-likeness (QED) is 0.0433. The number of rotatable bonds is 24. The number of hydrogen-bond acceptors (Lipinski definition) is 17. The topological polar surface area (TPSA) is 310 Å². The lowest BCUT2D eigenvalue weighted by Crippen LogP contribution is -2.53. The van der Waals surface area contributed by atoms with Gasteiger partial charge in [-0.1, -0.05) is 37.1 Å². The molecule has 6 amide bonds. The fraction of sp³-hybridized carbons (Fsp3) is 0.500. The molecule has 0 saturated heterocycles. The number of methoxy groups -OCH3 is 2. The van der Waals surface area contributed by atoms with E-state index in [2.05, 4.69) is 21.3 Å². The van der Waals surface area contributed by atoms with E-state index in [1.54, 1.807) is 71.3 Å². The Morgan fingerprint density at radius 3 is 1.95 bits per heavy atom. The molecule has 0 spiro atoms. The summed E-state index contributed by atoms with van der Waals surface area (Å²) in [6.07, 6.45) is 2.83. The predicted octanol–water partition coefficient (Wildman–Crippen LogP) is 5.44. The molecule has 6 unspecified atom stereocenters. The van der Waals surface area contributed by atoms with Crippen LogP contribution in [0.5, 0.6) is 23.0 Å². The molecule has 0 saturated carbocycles. The molecule has 7 rings (SSSR count). The molecule has 25 heteroatoms. The summed E-state index contributed by atoms with van der Waals surface area (Å²) in [4.78, 5) is 84.7. The molecule has 0 aliphatic carbocycles. The first kappa shape index (κ1) is 61.2. The van der Waals surface area contributed by atoms with Gasteiger partial charge in [0.2, 0.25) is 17.7 Å². The molecule has 7 N–H and O–H groups in total. The second kappa shape index (κ2) is 26.0. The Labute approximate surface area is 470 Å². The minimum Gasteiger partial charge on any atom is -0.493 e. The van der Waals surface area contributed by atoms with E-state index in [0.29, 0.717) is 30.5 Å².